The molecule has 0 atom stereocenters. The zero-order valence-electron chi connectivity index (χ0n) is 20.2. The summed E-state index contributed by atoms with van der Waals surface area (Å²) in [5, 5.41) is 0. The molecule has 0 saturated heterocycles. The summed E-state index contributed by atoms with van der Waals surface area (Å²) < 4.78 is 49.7. The van der Waals surface area contributed by atoms with Crippen molar-refractivity contribution in [1.82, 2.24) is 0 Å². The van der Waals surface area contributed by atoms with E-state index in [0.29, 0.717) is 35.0 Å². The number of hydrogen-bond donors (Lipinski definition) is 0. The summed E-state index contributed by atoms with van der Waals surface area (Å²) in [5.41, 5.74) is 2.95. The van der Waals surface area contributed by atoms with Crippen molar-refractivity contribution in [3.05, 3.63) is 101 Å². The van der Waals surface area contributed by atoms with Crippen LogP contribution in [0.4, 0.5) is 13.2 Å². The second-order valence-corrected chi connectivity index (χ2v) is 9.04. The number of rotatable bonds is 7. The predicted molar refractivity (Wildman–Crippen MR) is 138 cm³/mol. The highest BCUT2D eigenvalue weighted by molar-refractivity contribution is 5.67. The van der Waals surface area contributed by atoms with E-state index in [-0.39, 0.29) is 17.3 Å². The maximum absolute atomic E-state index is 15.1. The van der Waals surface area contributed by atoms with Crippen molar-refractivity contribution in [1.29, 1.82) is 0 Å². The molecule has 1 saturated carbocycles. The highest BCUT2D eigenvalue weighted by Crippen LogP contribution is 2.39. The van der Waals surface area contributed by atoms with Crippen molar-refractivity contribution in [3.8, 4) is 16.9 Å². The first-order valence-electron chi connectivity index (χ1n) is 12.3. The van der Waals surface area contributed by atoms with E-state index in [9.17, 15) is 4.39 Å². The lowest BCUT2D eigenvalue weighted by Crippen LogP contribution is -2.13. The van der Waals surface area contributed by atoms with Crippen LogP contribution in [0.15, 0.2) is 66.7 Å². The fourth-order valence-electron chi connectivity index (χ4n) is 4.83. The van der Waals surface area contributed by atoms with Crippen LogP contribution in [0.5, 0.6) is 5.75 Å². The molecule has 0 aromatic heterocycles. The lowest BCUT2D eigenvalue weighted by molar-refractivity contribution is 0.338. The molecule has 1 nitrogen and oxygen atoms in total. The van der Waals surface area contributed by atoms with Gasteiger partial charge in [-0.3, -0.25) is 0 Å². The van der Waals surface area contributed by atoms with E-state index in [1.807, 2.05) is 62.4 Å². The van der Waals surface area contributed by atoms with Crippen molar-refractivity contribution < 1.29 is 17.9 Å². The van der Waals surface area contributed by atoms with Crippen LogP contribution >= 0.6 is 0 Å². The lowest BCUT2D eigenvalue weighted by atomic mass is 9.78. The third-order valence-electron chi connectivity index (χ3n) is 6.74. The third-order valence-corrected chi connectivity index (χ3v) is 6.74. The fraction of sp³-hybridized carbons (Fsp3) is 0.290. The summed E-state index contributed by atoms with van der Waals surface area (Å²) in [6.45, 7) is 4.29. The number of hydrogen-bond acceptors (Lipinski definition) is 1. The maximum atomic E-state index is 15.1. The Balaban J connectivity index is 1.41. The minimum absolute atomic E-state index is 0.0116. The second-order valence-electron chi connectivity index (χ2n) is 9.04. The van der Waals surface area contributed by atoms with Gasteiger partial charge in [0.1, 0.15) is 11.6 Å². The number of ether oxygens (including phenoxy) is 1. The molecule has 0 amide bonds. The van der Waals surface area contributed by atoms with E-state index < -0.39 is 11.6 Å². The number of halogens is 3. The molecule has 0 spiro atoms. The molecule has 3 aromatic carbocycles. The Hall–Kier alpha value is -3.27. The molecule has 4 rings (SSSR count). The molecule has 0 bridgehead atoms. The molecule has 3 aromatic rings. The summed E-state index contributed by atoms with van der Waals surface area (Å²) in [6.07, 6.45) is 11.0. The van der Waals surface area contributed by atoms with Gasteiger partial charge in [-0.15, -0.1) is 0 Å². The molecule has 0 unspecified atom stereocenters. The largest absolute Gasteiger partial charge is 0.494 e. The highest BCUT2D eigenvalue weighted by atomic mass is 19.2. The summed E-state index contributed by atoms with van der Waals surface area (Å²) in [6, 6.07) is 15.7. The Labute approximate surface area is 206 Å². The maximum Gasteiger partial charge on any atom is 0.166 e. The van der Waals surface area contributed by atoms with Crippen LogP contribution in [0.2, 0.25) is 0 Å². The quantitative estimate of drug-likeness (QED) is 0.330. The van der Waals surface area contributed by atoms with Crippen LogP contribution in [0.1, 0.15) is 62.1 Å². The van der Waals surface area contributed by atoms with Gasteiger partial charge in [-0.25, -0.2) is 13.2 Å². The Morgan fingerprint density at radius 2 is 1.60 bits per heavy atom. The van der Waals surface area contributed by atoms with Gasteiger partial charge < -0.3 is 4.74 Å². The van der Waals surface area contributed by atoms with Gasteiger partial charge in [-0.1, -0.05) is 60.7 Å². The van der Waals surface area contributed by atoms with Gasteiger partial charge in [-0.2, -0.15) is 0 Å². The van der Waals surface area contributed by atoms with Crippen molar-refractivity contribution in [3.63, 3.8) is 0 Å². The average Bonchev–Trinajstić information content (AvgIpc) is 2.87. The molecule has 0 N–H and O–H groups in total. The van der Waals surface area contributed by atoms with E-state index in [0.717, 1.165) is 31.2 Å². The molecule has 1 fully saturated rings. The van der Waals surface area contributed by atoms with Gasteiger partial charge >= 0.3 is 0 Å². The van der Waals surface area contributed by atoms with E-state index in [1.165, 1.54) is 6.07 Å². The Kier molecular flexibility index (Phi) is 8.12. The molecule has 35 heavy (non-hydrogen) atoms. The molecule has 0 heterocycles. The van der Waals surface area contributed by atoms with Gasteiger partial charge in [0.15, 0.2) is 11.6 Å². The lowest BCUT2D eigenvalue weighted by Gasteiger charge is -2.27. The van der Waals surface area contributed by atoms with Crippen LogP contribution < -0.4 is 4.74 Å². The number of allylic oxidation sites excluding steroid dienone is 2. The topological polar surface area (TPSA) is 9.23 Å². The fourth-order valence-corrected chi connectivity index (χ4v) is 4.83. The van der Waals surface area contributed by atoms with E-state index in [4.69, 9.17) is 4.74 Å². The van der Waals surface area contributed by atoms with Crippen molar-refractivity contribution in [2.45, 2.75) is 45.4 Å². The van der Waals surface area contributed by atoms with E-state index >= 15 is 8.78 Å². The monoisotopic (exact) mass is 476 g/mol. The van der Waals surface area contributed by atoms with Gasteiger partial charge in [0.05, 0.1) is 6.61 Å². The van der Waals surface area contributed by atoms with Crippen molar-refractivity contribution in [2.24, 2.45) is 5.92 Å². The summed E-state index contributed by atoms with van der Waals surface area (Å²) in [7, 11) is 0. The molecule has 1 aliphatic rings. The van der Waals surface area contributed by atoms with Crippen molar-refractivity contribution in [2.75, 3.05) is 6.61 Å². The standard InChI is InChI=1S/C31H31F3O/c1-3-5-21-6-11-23(12-7-21)27-18-19-28(31(34)30(27)33)24-13-8-22(9-14-24)10-15-25-16-17-26(35-4-2)20-29(25)32/h3,5-7,10-12,15-20,22,24H,4,8-9,13-14H2,1-2H3. The minimum atomic E-state index is -0.783. The van der Waals surface area contributed by atoms with Gasteiger partial charge in [0.25, 0.3) is 0 Å². The average molecular weight is 477 g/mol. The van der Waals surface area contributed by atoms with Gasteiger partial charge in [0.2, 0.25) is 0 Å². The predicted octanol–water partition coefficient (Wildman–Crippen LogP) is 9.19. The minimum Gasteiger partial charge on any atom is -0.494 e. The SMILES string of the molecule is CC=Cc1ccc(-c2ccc(C3CCC(C=Cc4ccc(OCC)cc4F)CC3)c(F)c2F)cc1. The first-order chi connectivity index (χ1) is 17.0. The molecular weight excluding hydrogens is 445 g/mol. The zero-order valence-corrected chi connectivity index (χ0v) is 20.2. The van der Waals surface area contributed by atoms with Crippen LogP contribution in [-0.2, 0) is 0 Å². The number of benzene rings is 3. The Morgan fingerprint density at radius 3 is 2.26 bits per heavy atom. The smallest absolute Gasteiger partial charge is 0.166 e. The highest BCUT2D eigenvalue weighted by Gasteiger charge is 2.25. The van der Waals surface area contributed by atoms with Crippen molar-refractivity contribution >= 4 is 12.2 Å². The third kappa shape index (κ3) is 5.87. The molecule has 4 heteroatoms. The molecule has 1 aliphatic carbocycles. The van der Waals surface area contributed by atoms with E-state index in [2.05, 4.69) is 0 Å². The first-order valence-corrected chi connectivity index (χ1v) is 12.3. The molecule has 182 valence electrons. The Bertz CT molecular complexity index is 1200. The zero-order chi connectivity index (χ0) is 24.8. The second kappa shape index (κ2) is 11.4. The van der Waals surface area contributed by atoms with E-state index in [1.54, 1.807) is 24.3 Å². The van der Waals surface area contributed by atoms with Crippen LogP contribution in [0.3, 0.4) is 0 Å². The summed E-state index contributed by atoms with van der Waals surface area (Å²) >= 11 is 0. The summed E-state index contributed by atoms with van der Waals surface area (Å²) in [5.74, 6) is -1.03. The Morgan fingerprint density at radius 1 is 0.857 bits per heavy atom. The molecular formula is C31H31F3O. The first kappa shape index (κ1) is 24.8. The summed E-state index contributed by atoms with van der Waals surface area (Å²) in [4.78, 5) is 0. The van der Waals surface area contributed by atoms with Crippen LogP contribution in [-0.4, -0.2) is 6.61 Å². The normalized spacial score (nSPS) is 18.4. The molecule has 0 aliphatic heterocycles. The van der Waals surface area contributed by atoms with Crippen LogP contribution in [0, 0.1) is 23.4 Å². The van der Waals surface area contributed by atoms with Gasteiger partial charge in [0, 0.05) is 17.2 Å². The van der Waals surface area contributed by atoms with Gasteiger partial charge in [-0.05, 0) is 80.2 Å². The van der Waals surface area contributed by atoms with Crippen LogP contribution in [0.25, 0.3) is 23.3 Å². The molecule has 0 radical (unpaired) electrons.